The highest BCUT2D eigenvalue weighted by molar-refractivity contribution is 6.36. The predicted molar refractivity (Wildman–Crippen MR) is 124 cm³/mol. The summed E-state index contributed by atoms with van der Waals surface area (Å²) in [6.45, 7) is 0.114. The van der Waals surface area contributed by atoms with Crippen LogP contribution >= 0.6 is 23.2 Å². The predicted octanol–water partition coefficient (Wildman–Crippen LogP) is 5.92. The number of halogens is 2. The van der Waals surface area contributed by atoms with Crippen LogP contribution < -0.4 is 5.32 Å². The summed E-state index contributed by atoms with van der Waals surface area (Å²) >= 11 is 12.3. The van der Waals surface area contributed by atoms with Crippen LogP contribution in [0.25, 0.3) is 11.1 Å². The fourth-order valence-electron chi connectivity index (χ4n) is 4.10. The van der Waals surface area contributed by atoms with Crippen molar-refractivity contribution < 1.29 is 19.4 Å². The van der Waals surface area contributed by atoms with Crippen molar-refractivity contribution in [2.24, 2.45) is 0 Å². The van der Waals surface area contributed by atoms with Gasteiger partial charge in [-0.2, -0.15) is 0 Å². The summed E-state index contributed by atoms with van der Waals surface area (Å²) in [6, 6.07) is 20.0. The summed E-state index contributed by atoms with van der Waals surface area (Å²) in [4.78, 5) is 24.1. The normalized spacial score (nSPS) is 13.2. The molecular weight excluding hydrogens is 449 g/mol. The van der Waals surface area contributed by atoms with E-state index in [0.29, 0.717) is 22.0 Å². The summed E-state index contributed by atoms with van der Waals surface area (Å²) in [5, 5.41) is 12.9. The Balaban J connectivity index is 1.40. The van der Waals surface area contributed by atoms with Gasteiger partial charge >= 0.3 is 12.1 Å². The first-order valence-electron chi connectivity index (χ1n) is 10.2. The van der Waals surface area contributed by atoms with E-state index in [2.05, 4.69) is 17.4 Å². The van der Waals surface area contributed by atoms with Crippen LogP contribution in [0.3, 0.4) is 0 Å². The van der Waals surface area contributed by atoms with Gasteiger partial charge in [0.05, 0.1) is 0 Å². The Bertz CT molecular complexity index is 1100. The molecule has 0 radical (unpaired) electrons. The second kappa shape index (κ2) is 9.63. The summed E-state index contributed by atoms with van der Waals surface area (Å²) in [7, 11) is 0. The Hall–Kier alpha value is -3.02. The lowest BCUT2D eigenvalue weighted by molar-refractivity contribution is -0.139. The van der Waals surface area contributed by atoms with Crippen LogP contribution in [0.1, 0.15) is 29.0 Å². The molecule has 1 aliphatic carbocycles. The van der Waals surface area contributed by atoms with Crippen molar-refractivity contribution in [2.75, 3.05) is 6.61 Å². The molecule has 0 unspecified atom stereocenters. The molecule has 1 atom stereocenters. The summed E-state index contributed by atoms with van der Waals surface area (Å²) in [6.07, 6.45) is -0.341. The molecule has 7 heteroatoms. The number of carbonyl (C=O) groups excluding carboxylic acids is 1. The minimum Gasteiger partial charge on any atom is -0.480 e. The third kappa shape index (κ3) is 4.59. The lowest BCUT2D eigenvalue weighted by atomic mass is 9.98. The van der Waals surface area contributed by atoms with E-state index in [1.54, 1.807) is 18.2 Å². The van der Waals surface area contributed by atoms with Crippen LogP contribution in [0.15, 0.2) is 66.7 Å². The molecule has 0 aromatic heterocycles. The van der Waals surface area contributed by atoms with Gasteiger partial charge < -0.3 is 15.2 Å². The van der Waals surface area contributed by atoms with E-state index in [-0.39, 0.29) is 18.9 Å². The van der Waals surface area contributed by atoms with Crippen LogP contribution in [0.5, 0.6) is 0 Å². The molecule has 1 aliphatic rings. The molecule has 164 valence electrons. The molecule has 0 bridgehead atoms. The van der Waals surface area contributed by atoms with Gasteiger partial charge in [-0.3, -0.25) is 0 Å². The van der Waals surface area contributed by atoms with E-state index < -0.39 is 18.1 Å². The van der Waals surface area contributed by atoms with E-state index in [0.717, 1.165) is 22.3 Å². The fraction of sp³-hybridized carbons (Fsp3) is 0.200. The van der Waals surface area contributed by atoms with E-state index in [1.165, 1.54) is 0 Å². The average Bonchev–Trinajstić information content (AvgIpc) is 3.10. The largest absolute Gasteiger partial charge is 0.480 e. The molecule has 1 amide bonds. The zero-order valence-corrected chi connectivity index (χ0v) is 18.6. The summed E-state index contributed by atoms with van der Waals surface area (Å²) < 4.78 is 5.45. The average molecular weight is 470 g/mol. The highest BCUT2D eigenvalue weighted by Gasteiger charge is 2.29. The van der Waals surface area contributed by atoms with E-state index >= 15 is 0 Å². The first-order chi connectivity index (χ1) is 15.5. The molecule has 0 aliphatic heterocycles. The van der Waals surface area contributed by atoms with E-state index in [9.17, 15) is 14.7 Å². The molecule has 0 heterocycles. The van der Waals surface area contributed by atoms with Gasteiger partial charge in [0.15, 0.2) is 0 Å². The van der Waals surface area contributed by atoms with E-state index in [4.69, 9.17) is 27.9 Å². The Morgan fingerprint density at radius 1 is 0.906 bits per heavy atom. The number of rotatable bonds is 7. The number of ether oxygens (including phenoxy) is 1. The minimum atomic E-state index is -1.15. The van der Waals surface area contributed by atoms with Crippen molar-refractivity contribution in [2.45, 2.75) is 24.8 Å². The molecule has 32 heavy (non-hydrogen) atoms. The maximum Gasteiger partial charge on any atom is 0.407 e. The second-order valence-corrected chi connectivity index (χ2v) is 8.41. The third-order valence-corrected chi connectivity index (χ3v) is 6.39. The monoisotopic (exact) mass is 469 g/mol. The maximum atomic E-state index is 12.4. The first-order valence-corrected chi connectivity index (χ1v) is 11.0. The van der Waals surface area contributed by atoms with Crippen molar-refractivity contribution in [1.29, 1.82) is 0 Å². The Morgan fingerprint density at radius 3 is 2.03 bits per heavy atom. The highest BCUT2D eigenvalue weighted by Crippen LogP contribution is 2.44. The molecule has 3 aromatic rings. The van der Waals surface area contributed by atoms with Gasteiger partial charge in [-0.1, -0.05) is 77.8 Å². The van der Waals surface area contributed by atoms with Crippen molar-refractivity contribution >= 4 is 35.3 Å². The standard InChI is InChI=1S/C25H21Cl2NO4/c26-21-10-5-11-22(27)19(21)12-13-23(24(29)30)28-25(31)32-14-20-17-8-3-1-6-15(17)16-7-2-4-9-18(16)20/h1-11,20,23H,12-14H2,(H,28,31)(H,29,30)/t23-/m1/s1. The zero-order chi connectivity index (χ0) is 22.7. The van der Waals surface area contributed by atoms with Gasteiger partial charge in [-0.25, -0.2) is 9.59 Å². The molecule has 0 saturated carbocycles. The fourth-order valence-corrected chi connectivity index (χ4v) is 4.69. The third-order valence-electron chi connectivity index (χ3n) is 5.68. The lowest BCUT2D eigenvalue weighted by Gasteiger charge is -2.18. The van der Waals surface area contributed by atoms with Gasteiger partial charge in [0.1, 0.15) is 12.6 Å². The Morgan fingerprint density at radius 2 is 1.47 bits per heavy atom. The highest BCUT2D eigenvalue weighted by atomic mass is 35.5. The van der Waals surface area contributed by atoms with Gasteiger partial charge in [0.2, 0.25) is 0 Å². The maximum absolute atomic E-state index is 12.4. The molecule has 4 rings (SSSR count). The zero-order valence-electron chi connectivity index (χ0n) is 17.1. The van der Waals surface area contributed by atoms with Gasteiger partial charge in [-0.05, 0) is 52.8 Å². The minimum absolute atomic E-state index is 0.0987. The second-order valence-electron chi connectivity index (χ2n) is 7.60. The number of fused-ring (bicyclic) bond motifs is 3. The smallest absolute Gasteiger partial charge is 0.407 e. The van der Waals surface area contributed by atoms with Gasteiger partial charge in [-0.15, -0.1) is 0 Å². The van der Waals surface area contributed by atoms with Crippen molar-refractivity contribution in [3.05, 3.63) is 93.5 Å². The van der Waals surface area contributed by atoms with Crippen molar-refractivity contribution in [3.63, 3.8) is 0 Å². The van der Waals surface area contributed by atoms with Crippen LogP contribution in [0.4, 0.5) is 4.79 Å². The summed E-state index contributed by atoms with van der Waals surface area (Å²) in [5.41, 5.74) is 5.07. The van der Waals surface area contributed by atoms with Crippen LogP contribution in [0, 0.1) is 0 Å². The summed E-state index contributed by atoms with van der Waals surface area (Å²) in [5.74, 6) is -1.25. The molecule has 2 N–H and O–H groups in total. The van der Waals surface area contributed by atoms with Crippen molar-refractivity contribution in [1.82, 2.24) is 5.32 Å². The van der Waals surface area contributed by atoms with Crippen molar-refractivity contribution in [3.8, 4) is 11.1 Å². The SMILES string of the molecule is O=C(N[C@H](CCc1c(Cl)cccc1Cl)C(=O)O)OCC1c2ccccc2-c2ccccc21. The lowest BCUT2D eigenvalue weighted by Crippen LogP contribution is -2.41. The Kier molecular flexibility index (Phi) is 6.68. The topological polar surface area (TPSA) is 75.6 Å². The number of hydrogen-bond acceptors (Lipinski definition) is 3. The van der Waals surface area contributed by atoms with Gasteiger partial charge in [0, 0.05) is 16.0 Å². The number of carbonyl (C=O) groups is 2. The molecule has 5 nitrogen and oxygen atoms in total. The number of carboxylic acids is 1. The number of nitrogens with one attached hydrogen (secondary N) is 1. The number of aliphatic carboxylic acids is 1. The number of amides is 1. The van der Waals surface area contributed by atoms with Crippen LogP contribution in [-0.2, 0) is 16.0 Å². The Labute approximate surface area is 195 Å². The quantitative estimate of drug-likeness (QED) is 0.450. The molecule has 0 saturated heterocycles. The first kappa shape index (κ1) is 22.2. The number of benzene rings is 3. The molecule has 0 spiro atoms. The molecule has 0 fully saturated rings. The van der Waals surface area contributed by atoms with E-state index in [1.807, 2.05) is 36.4 Å². The van der Waals surface area contributed by atoms with Gasteiger partial charge in [0.25, 0.3) is 0 Å². The number of alkyl carbamates (subject to hydrolysis) is 1. The van der Waals surface area contributed by atoms with Crippen LogP contribution in [-0.4, -0.2) is 29.8 Å². The van der Waals surface area contributed by atoms with Crippen LogP contribution in [0.2, 0.25) is 10.0 Å². The molecular formula is C25H21Cl2NO4. The number of carboxylic acid groups (broad SMARTS) is 1. The molecule has 3 aromatic carbocycles. The number of hydrogen-bond donors (Lipinski definition) is 2.